The number of hydrogen-bond acceptors (Lipinski definition) is 3. The van der Waals surface area contributed by atoms with E-state index in [0.29, 0.717) is 5.56 Å². The van der Waals surface area contributed by atoms with Crippen molar-refractivity contribution in [2.45, 2.75) is 42.0 Å². The van der Waals surface area contributed by atoms with Crippen LogP contribution in [0, 0.1) is 17.6 Å². The van der Waals surface area contributed by atoms with Gasteiger partial charge in [-0.25, -0.2) is 21.6 Å². The van der Waals surface area contributed by atoms with Gasteiger partial charge in [-0.05, 0) is 61.6 Å². The number of carbonyl (C=O) groups is 1. The summed E-state index contributed by atoms with van der Waals surface area (Å²) in [6.45, 7) is -0.746. The van der Waals surface area contributed by atoms with Gasteiger partial charge in [0.05, 0.1) is 4.90 Å². The molecule has 4 nitrogen and oxygen atoms in total. The summed E-state index contributed by atoms with van der Waals surface area (Å²) in [6.07, 6.45) is 0.141. The molecule has 0 unspecified atom stereocenters. The highest BCUT2D eigenvalue weighted by atomic mass is 32.2. The Hall–Kier alpha value is -2.35. The predicted molar refractivity (Wildman–Crippen MR) is 97.6 cm³/mol. The standard InChI is InChI=1S/C20H20F3NO3S/c21-12-13-1-4-16(5-2-13)28(26,27)20(9-7-14(8-10-20)19(24)25)17-11-15(22)3-6-18(17)23/h1-6,11,14H,7-10,12H2,(H2,24,25). The lowest BCUT2D eigenvalue weighted by molar-refractivity contribution is -0.122. The number of amides is 1. The number of sulfone groups is 1. The number of primary amides is 1. The third-order valence-electron chi connectivity index (χ3n) is 5.52. The molecule has 0 bridgehead atoms. The summed E-state index contributed by atoms with van der Waals surface area (Å²) >= 11 is 0. The molecule has 1 saturated carbocycles. The normalized spacial score (nSPS) is 22.8. The molecule has 2 aromatic carbocycles. The first-order valence-corrected chi connectivity index (χ1v) is 10.3. The van der Waals surface area contributed by atoms with Crippen LogP contribution in [0.5, 0.6) is 0 Å². The number of nitrogens with two attached hydrogens (primary N) is 1. The minimum atomic E-state index is -4.17. The van der Waals surface area contributed by atoms with Crippen LogP contribution in [0.4, 0.5) is 13.2 Å². The maximum Gasteiger partial charge on any atom is 0.220 e. The molecule has 8 heteroatoms. The van der Waals surface area contributed by atoms with Gasteiger partial charge in [0.1, 0.15) is 23.1 Å². The molecule has 1 aliphatic carbocycles. The average molecular weight is 411 g/mol. The minimum Gasteiger partial charge on any atom is -0.369 e. The second-order valence-electron chi connectivity index (χ2n) is 7.08. The molecule has 1 fully saturated rings. The van der Waals surface area contributed by atoms with E-state index in [4.69, 9.17) is 5.73 Å². The van der Waals surface area contributed by atoms with E-state index in [0.717, 1.165) is 18.2 Å². The molecule has 0 heterocycles. The first kappa shape index (κ1) is 20.4. The van der Waals surface area contributed by atoms with Crippen LogP contribution >= 0.6 is 0 Å². The van der Waals surface area contributed by atoms with Crippen LogP contribution in [0.2, 0.25) is 0 Å². The average Bonchev–Trinajstić information content (AvgIpc) is 2.69. The molecule has 150 valence electrons. The molecule has 0 aromatic heterocycles. The summed E-state index contributed by atoms with van der Waals surface area (Å²) in [5.41, 5.74) is 5.39. The third-order valence-corrected chi connectivity index (χ3v) is 8.07. The number of alkyl halides is 1. The van der Waals surface area contributed by atoms with Gasteiger partial charge in [0.25, 0.3) is 0 Å². The van der Waals surface area contributed by atoms with Gasteiger partial charge in [0, 0.05) is 11.5 Å². The van der Waals surface area contributed by atoms with Crippen LogP contribution in [0.1, 0.15) is 36.8 Å². The Labute approximate surface area is 161 Å². The summed E-state index contributed by atoms with van der Waals surface area (Å²) < 4.78 is 66.7. The molecule has 0 aliphatic heterocycles. The fraction of sp³-hybridized carbons (Fsp3) is 0.350. The van der Waals surface area contributed by atoms with E-state index in [1.807, 2.05) is 0 Å². The number of rotatable bonds is 5. The van der Waals surface area contributed by atoms with Crippen molar-refractivity contribution < 1.29 is 26.4 Å². The second kappa shape index (κ2) is 7.58. The Morgan fingerprint density at radius 3 is 2.21 bits per heavy atom. The zero-order valence-electron chi connectivity index (χ0n) is 15.0. The van der Waals surface area contributed by atoms with Crippen molar-refractivity contribution in [3.63, 3.8) is 0 Å². The SMILES string of the molecule is NC(=O)C1CCC(c2cc(F)ccc2F)(S(=O)(=O)c2ccc(CF)cc2)CC1. The van der Waals surface area contributed by atoms with E-state index in [9.17, 15) is 26.4 Å². The number of benzene rings is 2. The molecule has 0 radical (unpaired) electrons. The lowest BCUT2D eigenvalue weighted by atomic mass is 9.77. The Morgan fingerprint density at radius 1 is 1.07 bits per heavy atom. The first-order valence-electron chi connectivity index (χ1n) is 8.85. The largest absolute Gasteiger partial charge is 0.369 e. The van der Waals surface area contributed by atoms with Gasteiger partial charge in [-0.1, -0.05) is 12.1 Å². The van der Waals surface area contributed by atoms with Crippen molar-refractivity contribution in [2.24, 2.45) is 11.7 Å². The zero-order chi connectivity index (χ0) is 20.5. The van der Waals surface area contributed by atoms with E-state index >= 15 is 0 Å². The summed E-state index contributed by atoms with van der Waals surface area (Å²) in [6, 6.07) is 7.94. The van der Waals surface area contributed by atoms with Gasteiger partial charge in [-0.3, -0.25) is 4.79 Å². The van der Waals surface area contributed by atoms with E-state index in [2.05, 4.69) is 0 Å². The van der Waals surface area contributed by atoms with Crippen molar-refractivity contribution in [3.05, 3.63) is 65.2 Å². The number of carbonyl (C=O) groups excluding carboxylic acids is 1. The lowest BCUT2D eigenvalue weighted by Gasteiger charge is -2.39. The highest BCUT2D eigenvalue weighted by Gasteiger charge is 2.50. The van der Waals surface area contributed by atoms with Crippen LogP contribution in [-0.2, 0) is 26.1 Å². The van der Waals surface area contributed by atoms with Crippen LogP contribution < -0.4 is 5.73 Å². The monoisotopic (exact) mass is 411 g/mol. The molecule has 1 aliphatic rings. The second-order valence-corrected chi connectivity index (χ2v) is 9.34. The molecule has 2 aromatic rings. The van der Waals surface area contributed by atoms with E-state index in [1.54, 1.807) is 0 Å². The van der Waals surface area contributed by atoms with Gasteiger partial charge in [-0.15, -0.1) is 0 Å². The summed E-state index contributed by atoms with van der Waals surface area (Å²) in [5.74, 6) is -2.65. The Balaban J connectivity index is 2.16. The Bertz CT molecular complexity index is 982. The zero-order valence-corrected chi connectivity index (χ0v) is 15.8. The van der Waals surface area contributed by atoms with Crippen molar-refractivity contribution in [1.82, 2.24) is 0 Å². The van der Waals surface area contributed by atoms with Gasteiger partial charge < -0.3 is 5.73 Å². The molecule has 0 spiro atoms. The van der Waals surface area contributed by atoms with Crippen molar-refractivity contribution in [2.75, 3.05) is 0 Å². The van der Waals surface area contributed by atoms with E-state index < -0.39 is 44.7 Å². The molecule has 0 atom stereocenters. The Morgan fingerprint density at radius 2 is 1.68 bits per heavy atom. The van der Waals surface area contributed by atoms with Crippen LogP contribution in [0.25, 0.3) is 0 Å². The highest BCUT2D eigenvalue weighted by molar-refractivity contribution is 7.92. The molecular formula is C20H20F3NO3S. The van der Waals surface area contributed by atoms with Crippen LogP contribution in [0.15, 0.2) is 47.4 Å². The van der Waals surface area contributed by atoms with Gasteiger partial charge >= 0.3 is 0 Å². The Kier molecular flexibility index (Phi) is 5.52. The van der Waals surface area contributed by atoms with Crippen LogP contribution in [-0.4, -0.2) is 14.3 Å². The van der Waals surface area contributed by atoms with Crippen molar-refractivity contribution in [3.8, 4) is 0 Å². The quantitative estimate of drug-likeness (QED) is 0.813. The highest BCUT2D eigenvalue weighted by Crippen LogP contribution is 2.49. The maximum atomic E-state index is 14.6. The molecule has 1 amide bonds. The van der Waals surface area contributed by atoms with E-state index in [-0.39, 0.29) is 36.1 Å². The van der Waals surface area contributed by atoms with Gasteiger partial charge in [0.15, 0.2) is 9.84 Å². The smallest absolute Gasteiger partial charge is 0.220 e. The molecule has 3 rings (SSSR count). The maximum absolute atomic E-state index is 14.6. The number of hydrogen-bond donors (Lipinski definition) is 1. The number of halogens is 3. The summed E-state index contributed by atoms with van der Waals surface area (Å²) in [7, 11) is -4.17. The molecule has 28 heavy (non-hydrogen) atoms. The molecule has 2 N–H and O–H groups in total. The fourth-order valence-corrected chi connectivity index (χ4v) is 6.05. The fourth-order valence-electron chi connectivity index (χ4n) is 3.88. The van der Waals surface area contributed by atoms with Gasteiger partial charge in [-0.2, -0.15) is 0 Å². The van der Waals surface area contributed by atoms with Crippen molar-refractivity contribution in [1.29, 1.82) is 0 Å². The van der Waals surface area contributed by atoms with Crippen LogP contribution in [0.3, 0.4) is 0 Å². The predicted octanol–water partition coefficient (Wildman–Crippen LogP) is 3.78. The summed E-state index contributed by atoms with van der Waals surface area (Å²) in [5, 5.41) is 0. The molecular weight excluding hydrogens is 391 g/mol. The van der Waals surface area contributed by atoms with Gasteiger partial charge in [0.2, 0.25) is 5.91 Å². The first-order chi connectivity index (χ1) is 13.2. The third kappa shape index (κ3) is 3.41. The minimum absolute atomic E-state index is 0.0752. The molecule has 0 saturated heterocycles. The van der Waals surface area contributed by atoms with E-state index in [1.165, 1.54) is 24.3 Å². The lowest BCUT2D eigenvalue weighted by Crippen LogP contribution is -2.42. The summed E-state index contributed by atoms with van der Waals surface area (Å²) in [4.78, 5) is 11.4. The topological polar surface area (TPSA) is 77.2 Å². The van der Waals surface area contributed by atoms with Crippen molar-refractivity contribution >= 4 is 15.7 Å².